The molecule has 2 rings (SSSR count). The second-order valence-electron chi connectivity index (χ2n) is 5.39. The van der Waals surface area contributed by atoms with Crippen molar-refractivity contribution >= 4 is 16.9 Å². The average molecular weight is 290 g/mol. The summed E-state index contributed by atoms with van der Waals surface area (Å²) in [6.07, 6.45) is 0.359. The second-order valence-corrected chi connectivity index (χ2v) is 5.39. The van der Waals surface area contributed by atoms with Gasteiger partial charge in [-0.05, 0) is 27.2 Å². The van der Waals surface area contributed by atoms with Crippen molar-refractivity contribution in [1.82, 2.24) is 14.9 Å². The molecule has 0 aliphatic carbocycles. The summed E-state index contributed by atoms with van der Waals surface area (Å²) in [6.45, 7) is 5.11. The van der Waals surface area contributed by atoms with Crippen LogP contribution in [0, 0.1) is 23.7 Å². The summed E-state index contributed by atoms with van der Waals surface area (Å²) in [4.78, 5) is 23.5. The van der Waals surface area contributed by atoms with Gasteiger partial charge in [0.2, 0.25) is 0 Å². The minimum absolute atomic E-state index is 0.0605. The van der Waals surface area contributed by atoms with E-state index in [2.05, 4.69) is 16.3 Å². The highest BCUT2D eigenvalue weighted by Gasteiger charge is 2.23. The van der Waals surface area contributed by atoms with Gasteiger partial charge in [-0.15, -0.1) is 0 Å². The molecule has 0 spiro atoms. The van der Waals surface area contributed by atoms with Crippen LogP contribution in [0.15, 0.2) is 9.32 Å². The van der Waals surface area contributed by atoms with Gasteiger partial charge in [0.15, 0.2) is 11.2 Å². The Hall–Kier alpha value is -2.69. The fraction of sp³-hybridized carbons (Fsp3) is 0.462. The van der Waals surface area contributed by atoms with Crippen LogP contribution in [0.3, 0.4) is 0 Å². The van der Waals surface area contributed by atoms with Crippen LogP contribution in [0.25, 0.3) is 10.9 Å². The number of nitrogens with zero attached hydrogens (tertiary/aromatic N) is 4. The smallest absolute Gasteiger partial charge is 0.357 e. The molecule has 0 saturated carbocycles. The van der Waals surface area contributed by atoms with E-state index in [4.69, 9.17) is 9.78 Å². The zero-order chi connectivity index (χ0) is 15.8. The molecule has 0 unspecified atom stereocenters. The number of aryl methyl sites for hydroxylation is 2. The third-order valence-corrected chi connectivity index (χ3v) is 3.21. The second kappa shape index (κ2) is 5.01. The van der Waals surface area contributed by atoms with Crippen molar-refractivity contribution in [3.8, 4) is 6.07 Å². The van der Waals surface area contributed by atoms with E-state index in [0.717, 1.165) is 4.68 Å². The number of hydrogen-bond acceptors (Lipinski definition) is 6. The van der Waals surface area contributed by atoms with Crippen LogP contribution >= 0.6 is 0 Å². The van der Waals surface area contributed by atoms with Gasteiger partial charge >= 0.3 is 5.97 Å². The molecule has 0 bridgehead atoms. The molecule has 0 aromatic carbocycles. The summed E-state index contributed by atoms with van der Waals surface area (Å²) >= 11 is 0. The van der Waals surface area contributed by atoms with Crippen LogP contribution in [-0.2, 0) is 6.54 Å². The number of rotatable bonds is 4. The number of nitriles is 1. The van der Waals surface area contributed by atoms with Gasteiger partial charge in [0.1, 0.15) is 5.76 Å². The van der Waals surface area contributed by atoms with Gasteiger partial charge < -0.3 is 9.63 Å². The van der Waals surface area contributed by atoms with Crippen molar-refractivity contribution in [2.45, 2.75) is 33.7 Å². The molecule has 0 atom stereocenters. The van der Waals surface area contributed by atoms with E-state index in [-0.39, 0.29) is 28.9 Å². The largest absolute Gasteiger partial charge is 0.476 e. The highest BCUT2D eigenvalue weighted by atomic mass is 16.5. The van der Waals surface area contributed by atoms with Crippen molar-refractivity contribution in [2.75, 3.05) is 0 Å². The van der Waals surface area contributed by atoms with Crippen LogP contribution in [0.2, 0.25) is 0 Å². The van der Waals surface area contributed by atoms with Crippen LogP contribution < -0.4 is 5.56 Å². The molecule has 21 heavy (non-hydrogen) atoms. The number of carboxylic acid groups (broad SMARTS) is 1. The molecule has 1 N–H and O–H groups in total. The molecular weight excluding hydrogens is 276 g/mol. The lowest BCUT2D eigenvalue weighted by Gasteiger charge is -2.15. The first-order valence-electron chi connectivity index (χ1n) is 6.28. The van der Waals surface area contributed by atoms with E-state index in [9.17, 15) is 14.7 Å². The van der Waals surface area contributed by atoms with E-state index in [1.807, 2.05) is 0 Å². The van der Waals surface area contributed by atoms with E-state index in [1.54, 1.807) is 13.8 Å². The zero-order valence-electron chi connectivity index (χ0n) is 11.9. The lowest BCUT2D eigenvalue weighted by Crippen LogP contribution is -2.28. The molecule has 0 aliphatic rings. The Morgan fingerprint density at radius 2 is 2.19 bits per heavy atom. The van der Waals surface area contributed by atoms with Gasteiger partial charge in [0.25, 0.3) is 5.56 Å². The molecule has 8 nitrogen and oxygen atoms in total. The Morgan fingerprint density at radius 3 is 2.76 bits per heavy atom. The first kappa shape index (κ1) is 14.7. The molecule has 0 fully saturated rings. The van der Waals surface area contributed by atoms with E-state index < -0.39 is 16.9 Å². The molecule has 110 valence electrons. The van der Waals surface area contributed by atoms with Gasteiger partial charge in [-0.3, -0.25) is 4.79 Å². The maximum Gasteiger partial charge on any atom is 0.357 e. The maximum atomic E-state index is 12.2. The number of fused-ring (bicyclic) bond motifs is 1. The maximum absolute atomic E-state index is 12.2. The number of hydrogen-bond donors (Lipinski definition) is 1. The van der Waals surface area contributed by atoms with Crippen LogP contribution in [0.5, 0.6) is 0 Å². The van der Waals surface area contributed by atoms with Crippen LogP contribution in [-0.4, -0.2) is 26.0 Å². The Morgan fingerprint density at radius 1 is 1.52 bits per heavy atom. The van der Waals surface area contributed by atoms with Gasteiger partial charge in [0, 0.05) is 6.54 Å². The molecule has 2 aromatic heterocycles. The highest BCUT2D eigenvalue weighted by molar-refractivity contribution is 6.00. The molecule has 0 amide bonds. The molecule has 2 heterocycles. The quantitative estimate of drug-likeness (QED) is 0.901. The molecule has 0 aliphatic heterocycles. The Kier molecular flexibility index (Phi) is 3.51. The fourth-order valence-electron chi connectivity index (χ4n) is 1.88. The lowest BCUT2D eigenvalue weighted by atomic mass is 9.91. The van der Waals surface area contributed by atoms with Gasteiger partial charge in [-0.1, -0.05) is 5.16 Å². The van der Waals surface area contributed by atoms with Crippen molar-refractivity contribution in [2.24, 2.45) is 5.41 Å². The summed E-state index contributed by atoms with van der Waals surface area (Å²) in [5.74, 6) is -1.03. The third-order valence-electron chi connectivity index (χ3n) is 3.21. The first-order valence-corrected chi connectivity index (χ1v) is 6.28. The summed E-state index contributed by atoms with van der Waals surface area (Å²) in [7, 11) is 0. The number of aromatic carboxylic acids is 1. The van der Waals surface area contributed by atoms with Gasteiger partial charge in [0.05, 0.1) is 16.9 Å². The summed E-state index contributed by atoms with van der Waals surface area (Å²) < 4.78 is 5.91. The standard InChI is InChI=1S/C13H14N4O4/c1-7-8-9(16-21-7)11(18)17(15-10(8)12(19)20)5-4-13(2,3)6-14/h4-5H2,1-3H3,(H,19,20). The van der Waals surface area contributed by atoms with E-state index in [1.165, 1.54) is 6.92 Å². The molecular formula is C13H14N4O4. The predicted octanol–water partition coefficient (Wildman–Crippen LogP) is 1.33. The SMILES string of the molecule is Cc1onc2c(=O)n(CCC(C)(C)C#N)nc(C(=O)O)c12. The topological polar surface area (TPSA) is 122 Å². The lowest BCUT2D eigenvalue weighted by molar-refractivity contribution is 0.0689. The molecule has 0 radical (unpaired) electrons. The minimum atomic E-state index is -1.26. The van der Waals surface area contributed by atoms with Crippen molar-refractivity contribution in [3.63, 3.8) is 0 Å². The Balaban J connectivity index is 2.56. The monoisotopic (exact) mass is 290 g/mol. The predicted molar refractivity (Wildman–Crippen MR) is 71.8 cm³/mol. The van der Waals surface area contributed by atoms with Crippen molar-refractivity contribution < 1.29 is 14.4 Å². The average Bonchev–Trinajstić information content (AvgIpc) is 2.81. The normalized spacial score (nSPS) is 11.5. The number of carbonyl (C=O) groups is 1. The number of carboxylic acids is 1. The summed E-state index contributed by atoms with van der Waals surface area (Å²) in [5, 5.41) is 25.8. The Bertz CT molecular complexity index is 810. The van der Waals surface area contributed by atoms with E-state index >= 15 is 0 Å². The molecule has 2 aromatic rings. The van der Waals surface area contributed by atoms with Crippen LogP contribution in [0.1, 0.15) is 36.5 Å². The van der Waals surface area contributed by atoms with E-state index in [0.29, 0.717) is 6.42 Å². The van der Waals surface area contributed by atoms with Crippen molar-refractivity contribution in [3.05, 3.63) is 21.8 Å². The first-order chi connectivity index (χ1) is 9.76. The third kappa shape index (κ3) is 2.63. The molecule has 8 heteroatoms. The number of aromatic nitrogens is 3. The highest BCUT2D eigenvalue weighted by Crippen LogP contribution is 2.20. The fourth-order valence-corrected chi connectivity index (χ4v) is 1.88. The van der Waals surface area contributed by atoms with Crippen molar-refractivity contribution in [1.29, 1.82) is 5.26 Å². The zero-order valence-corrected chi connectivity index (χ0v) is 11.9. The summed E-state index contributed by atoms with van der Waals surface area (Å²) in [6, 6.07) is 2.12. The summed E-state index contributed by atoms with van der Waals surface area (Å²) in [5.41, 5.74) is -1.51. The van der Waals surface area contributed by atoms with Crippen LogP contribution in [0.4, 0.5) is 0 Å². The molecule has 0 saturated heterocycles. The Labute approximate surface area is 119 Å². The van der Waals surface area contributed by atoms with Gasteiger partial charge in [-0.25, -0.2) is 9.48 Å². The minimum Gasteiger partial charge on any atom is -0.476 e. The van der Waals surface area contributed by atoms with Gasteiger partial charge in [-0.2, -0.15) is 10.4 Å².